The Labute approximate surface area is 164 Å². The van der Waals surface area contributed by atoms with Gasteiger partial charge in [-0.1, -0.05) is 44.2 Å². The topological polar surface area (TPSA) is 88.2 Å². The van der Waals surface area contributed by atoms with E-state index in [4.69, 9.17) is 4.74 Å². The van der Waals surface area contributed by atoms with Crippen LogP contribution in [0.3, 0.4) is 0 Å². The zero-order valence-corrected chi connectivity index (χ0v) is 16.3. The van der Waals surface area contributed by atoms with Crippen LogP contribution in [0.2, 0.25) is 0 Å². The summed E-state index contributed by atoms with van der Waals surface area (Å²) in [4.78, 5) is 17.5. The molecule has 0 saturated heterocycles. The van der Waals surface area contributed by atoms with E-state index in [0.29, 0.717) is 18.1 Å². The molecule has 1 aliphatic rings. The van der Waals surface area contributed by atoms with E-state index in [1.807, 2.05) is 56.1 Å². The molecular weight excluding hydrogens is 358 g/mol. The quantitative estimate of drug-likeness (QED) is 0.583. The summed E-state index contributed by atoms with van der Waals surface area (Å²) in [5.41, 5.74) is 2.32. The van der Waals surface area contributed by atoms with Crippen molar-refractivity contribution in [2.45, 2.75) is 25.9 Å². The highest BCUT2D eigenvalue weighted by Gasteiger charge is 2.28. The molecule has 2 atom stereocenters. The van der Waals surface area contributed by atoms with Gasteiger partial charge >= 0.3 is 0 Å². The van der Waals surface area contributed by atoms with Gasteiger partial charge in [0.15, 0.2) is 0 Å². The second kappa shape index (κ2) is 8.39. The number of likely N-dealkylation sites (N-methyl/N-ethyl adjacent to an activating group) is 1. The predicted octanol–water partition coefficient (Wildman–Crippen LogP) is 3.57. The van der Waals surface area contributed by atoms with E-state index in [1.165, 1.54) is 12.1 Å². The number of aliphatic hydroxyl groups is 1. The van der Waals surface area contributed by atoms with Crippen molar-refractivity contribution < 1.29 is 14.8 Å². The van der Waals surface area contributed by atoms with Gasteiger partial charge in [0.05, 0.1) is 23.1 Å². The predicted molar refractivity (Wildman–Crippen MR) is 109 cm³/mol. The number of non-ortho nitro benzene ring substituents is 1. The number of aliphatic imine (C=N–C) groups is 1. The van der Waals surface area contributed by atoms with Crippen molar-refractivity contribution in [1.82, 2.24) is 0 Å². The minimum absolute atomic E-state index is 0.0216. The van der Waals surface area contributed by atoms with E-state index in [2.05, 4.69) is 4.99 Å². The molecule has 0 aromatic heterocycles. The Morgan fingerprint density at radius 2 is 2.00 bits per heavy atom. The first-order valence-corrected chi connectivity index (χ1v) is 9.30. The Morgan fingerprint density at radius 1 is 1.29 bits per heavy atom. The molecule has 7 heteroatoms. The van der Waals surface area contributed by atoms with Crippen LogP contribution in [0.4, 0.5) is 11.4 Å². The van der Waals surface area contributed by atoms with E-state index < -0.39 is 4.92 Å². The second-order valence-corrected chi connectivity index (χ2v) is 7.24. The molecule has 7 nitrogen and oxygen atoms in total. The summed E-state index contributed by atoms with van der Waals surface area (Å²) >= 11 is 0. The average molecular weight is 383 g/mol. The van der Waals surface area contributed by atoms with Crippen molar-refractivity contribution in [1.29, 1.82) is 0 Å². The molecule has 1 N–H and O–H groups in total. The maximum Gasteiger partial charge on any atom is 0.270 e. The highest BCUT2D eigenvalue weighted by molar-refractivity contribution is 6.01. The summed E-state index contributed by atoms with van der Waals surface area (Å²) in [7, 11) is 1.87. The smallest absolute Gasteiger partial charge is 0.270 e. The number of nitrogens with zero attached hydrogens (tertiary/aromatic N) is 3. The Bertz CT molecular complexity index is 867. The van der Waals surface area contributed by atoms with Gasteiger partial charge < -0.3 is 14.7 Å². The van der Waals surface area contributed by atoms with Gasteiger partial charge in [0, 0.05) is 24.9 Å². The Balaban J connectivity index is 2.03. The van der Waals surface area contributed by atoms with Crippen LogP contribution in [0.15, 0.2) is 53.5 Å². The number of nitro benzene ring substituents is 1. The van der Waals surface area contributed by atoms with Crippen molar-refractivity contribution in [3.8, 4) is 0 Å². The van der Waals surface area contributed by atoms with E-state index in [1.54, 1.807) is 6.07 Å². The van der Waals surface area contributed by atoms with E-state index >= 15 is 0 Å². The molecule has 0 saturated carbocycles. The molecule has 0 unspecified atom stereocenters. The van der Waals surface area contributed by atoms with Crippen LogP contribution in [-0.2, 0) is 4.74 Å². The van der Waals surface area contributed by atoms with Gasteiger partial charge in [-0.25, -0.2) is 4.99 Å². The molecule has 0 fully saturated rings. The number of hydrogen-bond donors (Lipinski definition) is 1. The lowest BCUT2D eigenvalue weighted by atomic mass is 10.0. The van der Waals surface area contributed by atoms with Gasteiger partial charge in [-0.05, 0) is 17.5 Å². The molecule has 3 rings (SSSR count). The van der Waals surface area contributed by atoms with Gasteiger partial charge in [0.25, 0.3) is 5.69 Å². The number of ether oxygens (including phenoxy) is 1. The van der Waals surface area contributed by atoms with Crippen LogP contribution in [0.25, 0.3) is 0 Å². The largest absolute Gasteiger partial charge is 0.475 e. The van der Waals surface area contributed by atoms with Gasteiger partial charge in [0.2, 0.25) is 5.90 Å². The molecule has 2 aromatic carbocycles. The SMILES string of the molecule is CC(C)[C@@H](CO)N(C)c1ccc([N+](=O)[O-])cc1C1=N[C@H](c2ccccc2)CO1. The Hall–Kier alpha value is -2.93. The lowest BCUT2D eigenvalue weighted by Gasteiger charge is -2.32. The number of hydrogen-bond acceptors (Lipinski definition) is 6. The normalized spacial score (nSPS) is 17.2. The second-order valence-electron chi connectivity index (χ2n) is 7.24. The maximum atomic E-state index is 11.3. The molecular formula is C21H25N3O4. The average Bonchev–Trinajstić information content (AvgIpc) is 3.18. The fourth-order valence-electron chi connectivity index (χ4n) is 3.44. The monoisotopic (exact) mass is 383 g/mol. The molecule has 0 spiro atoms. The highest BCUT2D eigenvalue weighted by atomic mass is 16.6. The number of anilines is 1. The first kappa shape index (κ1) is 19.8. The van der Waals surface area contributed by atoms with Crippen molar-refractivity contribution >= 4 is 17.3 Å². The van der Waals surface area contributed by atoms with Crippen LogP contribution in [-0.4, -0.2) is 42.2 Å². The standard InChI is InChI=1S/C21H25N3O4/c1-14(2)20(12-25)23(3)19-10-9-16(24(26)27)11-17(19)21-22-18(13-28-21)15-7-5-4-6-8-15/h4-11,14,18,20,25H,12-13H2,1-3H3/t18-,20+/m0/s1. The molecule has 1 aliphatic heterocycles. The Kier molecular flexibility index (Phi) is 5.94. The maximum absolute atomic E-state index is 11.3. The third kappa shape index (κ3) is 3.99. The minimum Gasteiger partial charge on any atom is -0.475 e. The van der Waals surface area contributed by atoms with Crippen LogP contribution in [0, 0.1) is 16.0 Å². The molecule has 2 aromatic rings. The summed E-state index contributed by atoms with van der Waals surface area (Å²) in [5.74, 6) is 0.585. The van der Waals surface area contributed by atoms with Crippen LogP contribution < -0.4 is 4.90 Å². The number of nitro groups is 1. The molecule has 148 valence electrons. The van der Waals surface area contributed by atoms with Gasteiger partial charge in [0.1, 0.15) is 12.6 Å². The number of aliphatic hydroxyl groups excluding tert-OH is 1. The molecule has 0 bridgehead atoms. The van der Waals surface area contributed by atoms with E-state index in [-0.39, 0.29) is 30.3 Å². The molecule has 28 heavy (non-hydrogen) atoms. The summed E-state index contributed by atoms with van der Waals surface area (Å²) < 4.78 is 5.84. The minimum atomic E-state index is -0.427. The summed E-state index contributed by atoms with van der Waals surface area (Å²) in [6, 6.07) is 14.2. The third-order valence-electron chi connectivity index (χ3n) is 5.09. The van der Waals surface area contributed by atoms with Crippen LogP contribution in [0.1, 0.15) is 31.0 Å². The molecule has 0 amide bonds. The lowest BCUT2D eigenvalue weighted by molar-refractivity contribution is -0.384. The molecule has 0 radical (unpaired) electrons. The number of benzene rings is 2. The van der Waals surface area contributed by atoms with E-state index in [0.717, 1.165) is 11.3 Å². The molecule has 1 heterocycles. The van der Waals surface area contributed by atoms with Gasteiger partial charge in [-0.2, -0.15) is 0 Å². The van der Waals surface area contributed by atoms with Gasteiger partial charge in [-0.3, -0.25) is 10.1 Å². The molecule has 0 aliphatic carbocycles. The summed E-state index contributed by atoms with van der Waals surface area (Å²) in [6.45, 7) is 4.41. The number of rotatable bonds is 7. The lowest BCUT2D eigenvalue weighted by Crippen LogP contribution is -2.39. The van der Waals surface area contributed by atoms with Gasteiger partial charge in [-0.15, -0.1) is 0 Å². The van der Waals surface area contributed by atoms with E-state index in [9.17, 15) is 15.2 Å². The van der Waals surface area contributed by atoms with Crippen molar-refractivity contribution in [2.75, 3.05) is 25.2 Å². The fraction of sp³-hybridized carbons (Fsp3) is 0.381. The summed E-state index contributed by atoms with van der Waals surface area (Å²) in [5, 5.41) is 21.1. The first-order valence-electron chi connectivity index (χ1n) is 9.30. The zero-order valence-electron chi connectivity index (χ0n) is 16.3. The third-order valence-corrected chi connectivity index (χ3v) is 5.09. The van der Waals surface area contributed by atoms with Crippen molar-refractivity contribution in [3.63, 3.8) is 0 Å². The van der Waals surface area contributed by atoms with Crippen molar-refractivity contribution in [2.24, 2.45) is 10.9 Å². The fourth-order valence-corrected chi connectivity index (χ4v) is 3.44. The van der Waals surface area contributed by atoms with Crippen LogP contribution >= 0.6 is 0 Å². The Morgan fingerprint density at radius 3 is 2.61 bits per heavy atom. The highest BCUT2D eigenvalue weighted by Crippen LogP contribution is 2.32. The van der Waals surface area contributed by atoms with Crippen molar-refractivity contribution in [3.05, 3.63) is 69.8 Å². The summed E-state index contributed by atoms with van der Waals surface area (Å²) in [6.07, 6.45) is 0. The first-order chi connectivity index (χ1) is 13.4. The zero-order chi connectivity index (χ0) is 20.3. The van der Waals surface area contributed by atoms with Crippen LogP contribution in [0.5, 0.6) is 0 Å².